The quantitative estimate of drug-likeness (QED) is 0.458. The van der Waals surface area contributed by atoms with Crippen LogP contribution in [0.15, 0.2) is 12.2 Å². The molecule has 0 aliphatic rings. The van der Waals surface area contributed by atoms with Crippen LogP contribution >= 0.6 is 0 Å². The summed E-state index contributed by atoms with van der Waals surface area (Å²) in [6.45, 7) is 2.02. The zero-order chi connectivity index (χ0) is 11.5. The van der Waals surface area contributed by atoms with E-state index in [2.05, 4.69) is 12.2 Å². The van der Waals surface area contributed by atoms with E-state index in [9.17, 15) is 9.90 Å². The average molecular weight is 214 g/mol. The number of rotatable bonds is 9. The van der Waals surface area contributed by atoms with Gasteiger partial charge in [0.05, 0.1) is 12.5 Å². The predicted molar refractivity (Wildman–Crippen MR) is 60.8 cm³/mol. The van der Waals surface area contributed by atoms with Crippen LogP contribution in [0.4, 0.5) is 0 Å². The van der Waals surface area contributed by atoms with Gasteiger partial charge in [0, 0.05) is 0 Å². The summed E-state index contributed by atoms with van der Waals surface area (Å²) in [4.78, 5) is 10.2. The first kappa shape index (κ1) is 14.2. The smallest absolute Gasteiger partial charge is 0.305 e. The molecule has 3 heteroatoms. The molecule has 2 N–H and O–H groups in total. The van der Waals surface area contributed by atoms with Crippen molar-refractivity contribution in [2.75, 3.05) is 0 Å². The first-order valence-electron chi connectivity index (χ1n) is 5.67. The van der Waals surface area contributed by atoms with Crippen molar-refractivity contribution in [1.29, 1.82) is 0 Å². The summed E-state index contributed by atoms with van der Waals surface area (Å²) in [5, 5.41) is 17.7. The zero-order valence-corrected chi connectivity index (χ0v) is 9.48. The summed E-state index contributed by atoms with van der Waals surface area (Å²) in [6, 6.07) is 0. The molecule has 0 aliphatic carbocycles. The Labute approximate surface area is 91.8 Å². The van der Waals surface area contributed by atoms with Crippen LogP contribution in [0.1, 0.15) is 51.9 Å². The molecular formula is C12H22O3. The molecule has 0 rings (SSSR count). The lowest BCUT2D eigenvalue weighted by atomic mass is 10.1. The van der Waals surface area contributed by atoms with Gasteiger partial charge in [-0.25, -0.2) is 0 Å². The fraction of sp³-hybridized carbons (Fsp3) is 0.750. The number of carbonyl (C=O) groups is 1. The lowest BCUT2D eigenvalue weighted by Crippen LogP contribution is -2.12. The van der Waals surface area contributed by atoms with E-state index in [1.165, 1.54) is 6.42 Å². The molecule has 0 fully saturated rings. The fourth-order valence-electron chi connectivity index (χ4n) is 1.47. The Bertz CT molecular complexity index is 187. The molecule has 3 nitrogen and oxygen atoms in total. The second-order valence-electron chi connectivity index (χ2n) is 3.81. The number of unbranched alkanes of at least 4 members (excludes halogenated alkanes) is 4. The summed E-state index contributed by atoms with van der Waals surface area (Å²) in [5.74, 6) is -0.921. The highest BCUT2D eigenvalue weighted by Gasteiger charge is 2.08. The van der Waals surface area contributed by atoms with Gasteiger partial charge in [-0.2, -0.15) is 0 Å². The second-order valence-corrected chi connectivity index (χ2v) is 3.81. The van der Waals surface area contributed by atoms with Crippen LogP contribution in [0.3, 0.4) is 0 Å². The summed E-state index contributed by atoms with van der Waals surface area (Å²) < 4.78 is 0. The second kappa shape index (κ2) is 9.71. The van der Waals surface area contributed by atoms with E-state index in [4.69, 9.17) is 5.11 Å². The molecule has 0 amide bonds. The van der Waals surface area contributed by atoms with Crippen LogP contribution in [-0.2, 0) is 4.79 Å². The first-order valence-corrected chi connectivity index (χ1v) is 5.67. The third-order valence-electron chi connectivity index (χ3n) is 2.30. The largest absolute Gasteiger partial charge is 0.481 e. The first-order chi connectivity index (χ1) is 7.16. The topological polar surface area (TPSA) is 57.5 Å². The van der Waals surface area contributed by atoms with Gasteiger partial charge in [-0.3, -0.25) is 4.79 Å². The predicted octanol–water partition coefficient (Wildman–Crippen LogP) is 2.74. The standard InChI is InChI=1S/C12H22O3/c1-2-3-4-5-6-7-8-9-11(13)10-12(14)15/h2-3,11,13H,4-10H2,1H3,(H,14,15). The van der Waals surface area contributed by atoms with E-state index in [0.717, 1.165) is 25.7 Å². The van der Waals surface area contributed by atoms with E-state index < -0.39 is 12.1 Å². The van der Waals surface area contributed by atoms with Crippen LogP contribution in [0.25, 0.3) is 0 Å². The van der Waals surface area contributed by atoms with Gasteiger partial charge < -0.3 is 10.2 Å². The van der Waals surface area contributed by atoms with Crippen LogP contribution in [-0.4, -0.2) is 22.3 Å². The van der Waals surface area contributed by atoms with Gasteiger partial charge in [-0.05, 0) is 26.2 Å². The molecule has 0 heterocycles. The lowest BCUT2D eigenvalue weighted by molar-refractivity contribution is -0.139. The highest BCUT2D eigenvalue weighted by atomic mass is 16.4. The minimum atomic E-state index is -0.921. The highest BCUT2D eigenvalue weighted by molar-refractivity contribution is 5.67. The van der Waals surface area contributed by atoms with Gasteiger partial charge in [-0.1, -0.05) is 31.4 Å². The molecule has 0 radical (unpaired) electrons. The Morgan fingerprint density at radius 3 is 2.53 bits per heavy atom. The zero-order valence-electron chi connectivity index (χ0n) is 9.48. The summed E-state index contributed by atoms with van der Waals surface area (Å²) >= 11 is 0. The number of allylic oxidation sites excluding steroid dienone is 2. The maximum absolute atomic E-state index is 10.2. The molecule has 0 saturated heterocycles. The Hall–Kier alpha value is -0.830. The molecule has 15 heavy (non-hydrogen) atoms. The molecule has 0 bridgehead atoms. The van der Waals surface area contributed by atoms with E-state index in [1.54, 1.807) is 0 Å². The molecule has 0 aromatic heterocycles. The normalized spacial score (nSPS) is 13.2. The minimum absolute atomic E-state index is 0.126. The van der Waals surface area contributed by atoms with Gasteiger partial charge in [-0.15, -0.1) is 0 Å². The Kier molecular flexibility index (Phi) is 9.18. The number of hydrogen-bond acceptors (Lipinski definition) is 2. The van der Waals surface area contributed by atoms with Crippen LogP contribution in [0.5, 0.6) is 0 Å². The van der Waals surface area contributed by atoms with Gasteiger partial charge in [0.2, 0.25) is 0 Å². The number of carboxylic acid groups (broad SMARTS) is 1. The number of carboxylic acids is 1. The number of hydrogen-bond donors (Lipinski definition) is 2. The van der Waals surface area contributed by atoms with Gasteiger partial charge in [0.25, 0.3) is 0 Å². The van der Waals surface area contributed by atoms with E-state index in [-0.39, 0.29) is 6.42 Å². The summed E-state index contributed by atoms with van der Waals surface area (Å²) in [6.07, 6.45) is 9.47. The molecule has 0 aliphatic heterocycles. The molecular weight excluding hydrogens is 192 g/mol. The SMILES string of the molecule is CC=CCCCCCCC(O)CC(=O)O. The third-order valence-corrected chi connectivity index (χ3v) is 2.30. The highest BCUT2D eigenvalue weighted by Crippen LogP contribution is 2.09. The van der Waals surface area contributed by atoms with Crippen LogP contribution < -0.4 is 0 Å². The molecule has 1 atom stereocenters. The van der Waals surface area contributed by atoms with Crippen molar-refractivity contribution in [1.82, 2.24) is 0 Å². The maximum Gasteiger partial charge on any atom is 0.305 e. The van der Waals surface area contributed by atoms with Crippen molar-refractivity contribution in [3.8, 4) is 0 Å². The molecule has 1 unspecified atom stereocenters. The molecule has 0 saturated carbocycles. The van der Waals surface area contributed by atoms with Gasteiger partial charge in [0.1, 0.15) is 0 Å². The van der Waals surface area contributed by atoms with Crippen molar-refractivity contribution < 1.29 is 15.0 Å². The maximum atomic E-state index is 10.2. The van der Waals surface area contributed by atoms with Gasteiger partial charge in [0.15, 0.2) is 0 Å². The van der Waals surface area contributed by atoms with Crippen molar-refractivity contribution in [3.63, 3.8) is 0 Å². The van der Waals surface area contributed by atoms with Crippen molar-refractivity contribution in [3.05, 3.63) is 12.2 Å². The average Bonchev–Trinajstić information content (AvgIpc) is 2.15. The van der Waals surface area contributed by atoms with Crippen molar-refractivity contribution >= 4 is 5.97 Å². The Morgan fingerprint density at radius 2 is 1.93 bits per heavy atom. The Balaban J connectivity index is 3.19. The minimum Gasteiger partial charge on any atom is -0.481 e. The fourth-order valence-corrected chi connectivity index (χ4v) is 1.47. The molecule has 0 aromatic rings. The Morgan fingerprint density at radius 1 is 1.27 bits per heavy atom. The van der Waals surface area contributed by atoms with Crippen molar-refractivity contribution in [2.45, 2.75) is 58.0 Å². The third kappa shape index (κ3) is 11.1. The van der Waals surface area contributed by atoms with Crippen LogP contribution in [0.2, 0.25) is 0 Å². The monoisotopic (exact) mass is 214 g/mol. The molecule has 0 spiro atoms. The van der Waals surface area contributed by atoms with Crippen LogP contribution in [0, 0.1) is 0 Å². The number of aliphatic hydroxyl groups is 1. The van der Waals surface area contributed by atoms with Crippen molar-refractivity contribution in [2.24, 2.45) is 0 Å². The van der Waals surface area contributed by atoms with E-state index in [0.29, 0.717) is 6.42 Å². The summed E-state index contributed by atoms with van der Waals surface area (Å²) in [7, 11) is 0. The van der Waals surface area contributed by atoms with Gasteiger partial charge >= 0.3 is 5.97 Å². The number of aliphatic hydroxyl groups excluding tert-OH is 1. The lowest BCUT2D eigenvalue weighted by Gasteiger charge is -2.06. The molecule has 0 aromatic carbocycles. The summed E-state index contributed by atoms with van der Waals surface area (Å²) in [5.41, 5.74) is 0. The molecule has 88 valence electrons. The van der Waals surface area contributed by atoms with E-state index in [1.807, 2.05) is 6.92 Å². The number of aliphatic carboxylic acids is 1. The van der Waals surface area contributed by atoms with E-state index >= 15 is 0 Å².